The van der Waals surface area contributed by atoms with Gasteiger partial charge in [0.1, 0.15) is 16.3 Å². The van der Waals surface area contributed by atoms with E-state index in [-0.39, 0.29) is 23.1 Å². The molecule has 1 fully saturated rings. The summed E-state index contributed by atoms with van der Waals surface area (Å²) in [6.45, 7) is 1.36. The van der Waals surface area contributed by atoms with Gasteiger partial charge < -0.3 is 10.6 Å². The second-order valence-corrected chi connectivity index (χ2v) is 11.4. The number of hydrogen-bond acceptors (Lipinski definition) is 8. The molecule has 0 aliphatic heterocycles. The number of carbonyl (C=O) groups is 2. The first-order valence-electron chi connectivity index (χ1n) is 10.4. The molecule has 2 amide bonds. The average Bonchev–Trinajstić information content (AvgIpc) is 3.48. The minimum Gasteiger partial charge on any atom is -0.352 e. The van der Waals surface area contributed by atoms with Crippen molar-refractivity contribution in [3.05, 3.63) is 41.2 Å². The number of hydrogen-bond donors (Lipinski definition) is 2. The van der Waals surface area contributed by atoms with Crippen LogP contribution in [0.25, 0.3) is 21.3 Å². The summed E-state index contributed by atoms with van der Waals surface area (Å²) in [6, 6.07) is 3.01. The number of aromatic nitrogens is 3. The van der Waals surface area contributed by atoms with E-state index in [1.54, 1.807) is 25.4 Å². The molecule has 0 spiro atoms. The number of nitrogens with one attached hydrogen (secondary N) is 2. The van der Waals surface area contributed by atoms with Crippen molar-refractivity contribution in [2.24, 2.45) is 0 Å². The van der Waals surface area contributed by atoms with Gasteiger partial charge in [-0.25, -0.2) is 32.1 Å². The average molecular weight is 507 g/mol. The number of aryl methyl sites for hydroxylation is 1. The Hall–Kier alpha value is -3.03. The fourth-order valence-electron chi connectivity index (χ4n) is 3.18. The maximum atomic E-state index is 14.9. The first kappa shape index (κ1) is 24.1. The van der Waals surface area contributed by atoms with Gasteiger partial charge in [-0.15, -0.1) is 11.3 Å². The number of halogens is 1. The fraction of sp³-hybridized carbons (Fsp3) is 0.381. The largest absolute Gasteiger partial charge is 0.352 e. The van der Waals surface area contributed by atoms with Crippen molar-refractivity contribution in [2.75, 3.05) is 20.6 Å². The molecule has 10 nitrogen and oxygen atoms in total. The SMILES string of the molecule is Cc1ncc(-c2cc(F)c3nc(C(C(=O)NCC(=O)NC4CC4)S(=O)(=O)N(C)C)sc3c2)cn1. The topological polar surface area (TPSA) is 134 Å². The van der Waals surface area contributed by atoms with Gasteiger partial charge >= 0.3 is 0 Å². The summed E-state index contributed by atoms with van der Waals surface area (Å²) in [5.74, 6) is -1.41. The maximum absolute atomic E-state index is 14.9. The van der Waals surface area contributed by atoms with E-state index in [2.05, 4.69) is 25.6 Å². The molecule has 1 saturated carbocycles. The van der Waals surface area contributed by atoms with E-state index in [0.29, 0.717) is 21.7 Å². The van der Waals surface area contributed by atoms with Crippen LogP contribution in [0.4, 0.5) is 4.39 Å². The van der Waals surface area contributed by atoms with Gasteiger partial charge in [-0.3, -0.25) is 9.59 Å². The summed E-state index contributed by atoms with van der Waals surface area (Å²) in [6.07, 6.45) is 4.88. The highest BCUT2D eigenvalue weighted by atomic mass is 32.2. The van der Waals surface area contributed by atoms with Crippen molar-refractivity contribution in [1.82, 2.24) is 29.9 Å². The highest BCUT2D eigenvalue weighted by Crippen LogP contribution is 2.35. The third kappa shape index (κ3) is 5.05. The van der Waals surface area contributed by atoms with E-state index in [1.807, 2.05) is 0 Å². The zero-order valence-electron chi connectivity index (χ0n) is 18.7. The number of benzene rings is 1. The molecule has 180 valence electrons. The molecule has 0 bridgehead atoms. The molecule has 2 N–H and O–H groups in total. The quantitative estimate of drug-likeness (QED) is 0.473. The van der Waals surface area contributed by atoms with Crippen LogP contribution in [0.15, 0.2) is 24.5 Å². The van der Waals surface area contributed by atoms with Crippen LogP contribution in [-0.2, 0) is 19.6 Å². The van der Waals surface area contributed by atoms with Crippen molar-refractivity contribution in [1.29, 1.82) is 0 Å². The molecule has 0 radical (unpaired) electrons. The van der Waals surface area contributed by atoms with Gasteiger partial charge in [0.05, 0.1) is 11.2 Å². The lowest BCUT2D eigenvalue weighted by Gasteiger charge is -2.19. The van der Waals surface area contributed by atoms with Gasteiger partial charge in [0.15, 0.2) is 5.82 Å². The molecule has 0 saturated heterocycles. The van der Waals surface area contributed by atoms with E-state index < -0.39 is 32.9 Å². The Morgan fingerprint density at radius 2 is 1.88 bits per heavy atom. The number of sulfonamides is 1. The van der Waals surface area contributed by atoms with Crippen LogP contribution in [0.2, 0.25) is 0 Å². The summed E-state index contributed by atoms with van der Waals surface area (Å²) in [5, 5.41) is 3.26. The molecule has 13 heteroatoms. The molecule has 2 aromatic heterocycles. The zero-order chi connectivity index (χ0) is 24.6. The summed E-state index contributed by atoms with van der Waals surface area (Å²) in [5.41, 5.74) is 1.03. The van der Waals surface area contributed by atoms with Crippen LogP contribution in [0.1, 0.15) is 28.9 Å². The second kappa shape index (κ2) is 9.31. The van der Waals surface area contributed by atoms with Crippen LogP contribution in [-0.4, -0.2) is 66.2 Å². The Bertz CT molecular complexity index is 1350. The maximum Gasteiger partial charge on any atom is 0.247 e. The molecule has 4 rings (SSSR count). The van der Waals surface area contributed by atoms with Gasteiger partial charge in [0, 0.05) is 38.1 Å². The minimum absolute atomic E-state index is 0.0463. The summed E-state index contributed by atoms with van der Waals surface area (Å²) in [7, 11) is -1.60. The Morgan fingerprint density at radius 1 is 1.21 bits per heavy atom. The second-order valence-electron chi connectivity index (χ2n) is 8.14. The number of fused-ring (bicyclic) bond motifs is 1. The third-order valence-electron chi connectivity index (χ3n) is 5.21. The van der Waals surface area contributed by atoms with Crippen molar-refractivity contribution < 1.29 is 22.4 Å². The molecule has 1 aliphatic carbocycles. The summed E-state index contributed by atoms with van der Waals surface area (Å²) in [4.78, 5) is 37.3. The lowest BCUT2D eigenvalue weighted by atomic mass is 10.1. The Labute approximate surface area is 199 Å². The molecular formula is C21H23FN6O4S2. The van der Waals surface area contributed by atoms with E-state index >= 15 is 0 Å². The molecule has 1 aliphatic rings. The van der Waals surface area contributed by atoms with Crippen LogP contribution >= 0.6 is 11.3 Å². The fourth-order valence-corrected chi connectivity index (χ4v) is 5.77. The third-order valence-corrected chi connectivity index (χ3v) is 8.48. The zero-order valence-corrected chi connectivity index (χ0v) is 20.3. The number of thiazole rings is 1. The minimum atomic E-state index is -4.18. The van der Waals surface area contributed by atoms with E-state index in [4.69, 9.17) is 0 Å². The molecule has 1 aromatic carbocycles. The van der Waals surface area contributed by atoms with E-state index in [0.717, 1.165) is 28.5 Å². The highest BCUT2D eigenvalue weighted by Gasteiger charge is 2.39. The van der Waals surface area contributed by atoms with Gasteiger partial charge in [-0.2, -0.15) is 0 Å². The molecular weight excluding hydrogens is 483 g/mol. The lowest BCUT2D eigenvalue weighted by molar-refractivity contribution is -0.126. The normalized spacial score (nSPS) is 14.9. The predicted octanol–water partition coefficient (Wildman–Crippen LogP) is 1.53. The van der Waals surface area contributed by atoms with Crippen molar-refractivity contribution in [3.63, 3.8) is 0 Å². The summed E-state index contributed by atoms with van der Waals surface area (Å²) < 4.78 is 42.2. The van der Waals surface area contributed by atoms with Crippen LogP contribution in [0.3, 0.4) is 0 Å². The van der Waals surface area contributed by atoms with Gasteiger partial charge in [0.25, 0.3) is 0 Å². The molecule has 2 heterocycles. The molecule has 3 aromatic rings. The predicted molar refractivity (Wildman–Crippen MR) is 125 cm³/mol. The monoisotopic (exact) mass is 506 g/mol. The molecule has 34 heavy (non-hydrogen) atoms. The number of amides is 2. The number of rotatable bonds is 8. The first-order chi connectivity index (χ1) is 16.1. The Morgan fingerprint density at radius 3 is 2.50 bits per heavy atom. The van der Waals surface area contributed by atoms with Crippen LogP contribution < -0.4 is 10.6 Å². The van der Waals surface area contributed by atoms with Gasteiger partial charge in [-0.05, 0) is 37.5 Å². The Balaban J connectivity index is 1.68. The Kier molecular flexibility index (Phi) is 6.60. The van der Waals surface area contributed by atoms with Crippen molar-refractivity contribution in [2.45, 2.75) is 31.1 Å². The smallest absolute Gasteiger partial charge is 0.247 e. The van der Waals surface area contributed by atoms with Crippen LogP contribution in [0, 0.1) is 12.7 Å². The molecule has 1 unspecified atom stereocenters. The lowest BCUT2D eigenvalue weighted by Crippen LogP contribution is -2.43. The van der Waals surface area contributed by atoms with Gasteiger partial charge in [0.2, 0.25) is 27.1 Å². The number of carbonyl (C=O) groups excluding carboxylic acids is 2. The van der Waals surface area contributed by atoms with E-state index in [9.17, 15) is 22.4 Å². The van der Waals surface area contributed by atoms with Gasteiger partial charge in [-0.1, -0.05) is 0 Å². The summed E-state index contributed by atoms with van der Waals surface area (Å²) >= 11 is 0.900. The number of nitrogens with zero attached hydrogens (tertiary/aromatic N) is 4. The standard InChI is InChI=1S/C21H23FN6O4S2/c1-11-23-8-13(9-24-11)12-6-15(22)18-16(7-12)33-21(27-18)19(34(31,32)28(2)3)20(30)25-10-17(29)26-14-4-5-14/h6-9,14,19H,4-5,10H2,1-3H3,(H,25,30)(H,26,29). The molecule has 1 atom stereocenters. The highest BCUT2D eigenvalue weighted by molar-refractivity contribution is 7.90. The van der Waals surface area contributed by atoms with Crippen molar-refractivity contribution >= 4 is 43.4 Å². The van der Waals surface area contributed by atoms with E-state index in [1.165, 1.54) is 20.2 Å². The van der Waals surface area contributed by atoms with Crippen LogP contribution in [0.5, 0.6) is 0 Å². The first-order valence-corrected chi connectivity index (χ1v) is 12.8. The van der Waals surface area contributed by atoms with Crippen molar-refractivity contribution in [3.8, 4) is 11.1 Å².